The van der Waals surface area contributed by atoms with Gasteiger partial charge in [0.05, 0.1) is 18.7 Å². The number of halogens is 2. The maximum absolute atomic E-state index is 13.6. The summed E-state index contributed by atoms with van der Waals surface area (Å²) in [5.41, 5.74) is 0.127. The first-order valence-electron chi connectivity index (χ1n) is 7.59. The number of carbonyl (C=O) groups excluding carboxylic acids is 1. The van der Waals surface area contributed by atoms with Crippen molar-refractivity contribution in [2.24, 2.45) is 0 Å². The summed E-state index contributed by atoms with van der Waals surface area (Å²) >= 11 is 0. The Kier molecular flexibility index (Phi) is 5.84. The fourth-order valence-corrected chi connectivity index (χ4v) is 2.87. The van der Waals surface area contributed by atoms with Crippen LogP contribution in [0.15, 0.2) is 18.2 Å². The number of likely N-dealkylation sites (tertiary alicyclic amines) is 1. The van der Waals surface area contributed by atoms with Crippen LogP contribution in [0.4, 0.5) is 8.78 Å². The number of carboxylic acids is 1. The van der Waals surface area contributed by atoms with Crippen LogP contribution in [0, 0.1) is 11.6 Å². The van der Waals surface area contributed by atoms with Gasteiger partial charge < -0.3 is 15.1 Å². The maximum Gasteiger partial charge on any atom is 0.317 e. The molecule has 1 amide bonds. The number of aliphatic carboxylic acids is 1. The smallest absolute Gasteiger partial charge is 0.317 e. The third kappa shape index (κ3) is 4.48. The molecule has 6 nitrogen and oxygen atoms in total. The number of carboxylic acid groups (broad SMARTS) is 1. The Balaban J connectivity index is 1.91. The van der Waals surface area contributed by atoms with E-state index in [1.807, 2.05) is 0 Å². The number of aryl methyl sites for hydroxylation is 1. The molecule has 1 aliphatic rings. The van der Waals surface area contributed by atoms with Crippen LogP contribution in [0.3, 0.4) is 0 Å². The Morgan fingerprint density at radius 2 is 2.04 bits per heavy atom. The summed E-state index contributed by atoms with van der Waals surface area (Å²) in [6.07, 6.45) is -0.795. The minimum absolute atomic E-state index is 0.0115. The van der Waals surface area contributed by atoms with E-state index in [0.717, 1.165) is 18.2 Å². The van der Waals surface area contributed by atoms with Crippen LogP contribution in [0.1, 0.15) is 12.0 Å². The number of nitrogens with zero attached hydrogens (tertiary/aromatic N) is 2. The summed E-state index contributed by atoms with van der Waals surface area (Å²) in [7, 11) is 1.57. The molecule has 0 saturated carbocycles. The molecule has 1 aliphatic heterocycles. The summed E-state index contributed by atoms with van der Waals surface area (Å²) in [5.74, 6) is -2.43. The number of hydrogen-bond donors (Lipinski definition) is 2. The predicted molar refractivity (Wildman–Crippen MR) is 81.3 cm³/mol. The summed E-state index contributed by atoms with van der Waals surface area (Å²) < 4.78 is 26.7. The van der Waals surface area contributed by atoms with Crippen LogP contribution >= 0.6 is 0 Å². The van der Waals surface area contributed by atoms with Crippen molar-refractivity contribution in [3.8, 4) is 0 Å². The van der Waals surface area contributed by atoms with Crippen molar-refractivity contribution in [1.29, 1.82) is 0 Å². The molecule has 0 aliphatic carbocycles. The zero-order valence-corrected chi connectivity index (χ0v) is 13.3. The lowest BCUT2D eigenvalue weighted by Gasteiger charge is -2.24. The third-order valence-electron chi connectivity index (χ3n) is 4.18. The third-order valence-corrected chi connectivity index (χ3v) is 4.18. The molecule has 0 spiro atoms. The van der Waals surface area contributed by atoms with Crippen molar-refractivity contribution in [2.75, 3.05) is 26.7 Å². The fourth-order valence-electron chi connectivity index (χ4n) is 2.87. The number of carbonyl (C=O) groups is 2. The van der Waals surface area contributed by atoms with Crippen molar-refractivity contribution in [3.63, 3.8) is 0 Å². The van der Waals surface area contributed by atoms with Crippen molar-refractivity contribution in [2.45, 2.75) is 25.0 Å². The molecule has 1 fully saturated rings. The molecule has 1 aromatic rings. The Morgan fingerprint density at radius 3 is 2.71 bits per heavy atom. The number of aliphatic hydroxyl groups is 1. The minimum Gasteiger partial charge on any atom is -0.480 e. The Morgan fingerprint density at radius 1 is 1.33 bits per heavy atom. The van der Waals surface area contributed by atoms with E-state index in [1.165, 1.54) is 9.80 Å². The Bertz CT molecular complexity index is 626. The van der Waals surface area contributed by atoms with Crippen LogP contribution in [0.25, 0.3) is 0 Å². The molecule has 132 valence electrons. The van der Waals surface area contributed by atoms with Gasteiger partial charge >= 0.3 is 5.97 Å². The van der Waals surface area contributed by atoms with Crippen molar-refractivity contribution >= 4 is 11.9 Å². The zero-order chi connectivity index (χ0) is 17.9. The predicted octanol–water partition coefficient (Wildman–Crippen LogP) is 0.485. The van der Waals surface area contributed by atoms with Crippen molar-refractivity contribution in [3.05, 3.63) is 35.4 Å². The lowest BCUT2D eigenvalue weighted by molar-refractivity contribution is -0.138. The lowest BCUT2D eigenvalue weighted by Crippen LogP contribution is -2.43. The minimum atomic E-state index is -1.02. The van der Waals surface area contributed by atoms with E-state index < -0.39 is 29.7 Å². The first-order valence-corrected chi connectivity index (χ1v) is 7.59. The highest BCUT2D eigenvalue weighted by Gasteiger charge is 2.36. The number of amides is 1. The van der Waals surface area contributed by atoms with Crippen LogP contribution < -0.4 is 0 Å². The molecule has 1 saturated heterocycles. The standard InChI is InChI=1S/C16H20F2N2O4/c1-19(9-16(23)24)13-7-20(8-14(13)21)15(22)5-2-10-6-11(17)3-4-12(10)18/h3-4,6,13-14,21H,2,5,7-9H2,1H3,(H,23,24)/t13-,14-/m1/s1. The highest BCUT2D eigenvalue weighted by Crippen LogP contribution is 2.18. The maximum atomic E-state index is 13.6. The monoisotopic (exact) mass is 342 g/mol. The number of likely N-dealkylation sites (N-methyl/N-ethyl adjacent to an activating group) is 1. The lowest BCUT2D eigenvalue weighted by atomic mass is 10.1. The van der Waals surface area contributed by atoms with E-state index in [-0.39, 0.29) is 43.9 Å². The van der Waals surface area contributed by atoms with Gasteiger partial charge in [-0.25, -0.2) is 8.78 Å². The van der Waals surface area contributed by atoms with E-state index in [4.69, 9.17) is 5.11 Å². The molecular formula is C16H20F2N2O4. The normalized spacial score (nSPS) is 20.6. The number of benzene rings is 1. The molecule has 0 bridgehead atoms. The molecule has 2 atom stereocenters. The Labute approximate surface area is 138 Å². The van der Waals surface area contributed by atoms with Crippen LogP contribution in [0.5, 0.6) is 0 Å². The number of rotatable bonds is 6. The van der Waals surface area contributed by atoms with Gasteiger partial charge in [0.1, 0.15) is 11.6 Å². The molecule has 0 unspecified atom stereocenters. The van der Waals surface area contributed by atoms with Gasteiger partial charge in [0.2, 0.25) is 5.91 Å². The van der Waals surface area contributed by atoms with Crippen molar-refractivity contribution < 1.29 is 28.6 Å². The number of hydrogen-bond acceptors (Lipinski definition) is 4. The van der Waals surface area contributed by atoms with Crippen LogP contribution in [-0.4, -0.2) is 70.7 Å². The SMILES string of the molecule is CN(CC(=O)O)[C@@H]1CN(C(=O)CCc2cc(F)ccc2F)C[C@H]1O. The topological polar surface area (TPSA) is 81.1 Å². The second-order valence-electron chi connectivity index (χ2n) is 5.98. The second kappa shape index (κ2) is 7.67. The van der Waals surface area contributed by atoms with Gasteiger partial charge in [-0.2, -0.15) is 0 Å². The number of β-amino-alcohol motifs (C(OH)–C–C–N with tert-alkyl or cyclic N) is 1. The van der Waals surface area contributed by atoms with Crippen LogP contribution in [0.2, 0.25) is 0 Å². The first kappa shape index (κ1) is 18.3. The van der Waals surface area contributed by atoms with E-state index in [0.29, 0.717) is 0 Å². The van der Waals surface area contributed by atoms with E-state index in [2.05, 4.69) is 0 Å². The molecule has 2 rings (SSSR count). The molecule has 0 radical (unpaired) electrons. The molecule has 2 N–H and O–H groups in total. The summed E-state index contributed by atoms with van der Waals surface area (Å²) in [5, 5.41) is 18.8. The van der Waals surface area contributed by atoms with Gasteiger partial charge in [-0.3, -0.25) is 14.5 Å². The van der Waals surface area contributed by atoms with Crippen molar-refractivity contribution in [1.82, 2.24) is 9.80 Å². The molecular weight excluding hydrogens is 322 g/mol. The van der Waals surface area contributed by atoms with Gasteiger partial charge in [0.25, 0.3) is 0 Å². The first-order chi connectivity index (χ1) is 11.3. The highest BCUT2D eigenvalue weighted by molar-refractivity contribution is 5.77. The fraction of sp³-hybridized carbons (Fsp3) is 0.500. The van der Waals surface area contributed by atoms with Gasteiger partial charge in [0, 0.05) is 19.5 Å². The van der Waals surface area contributed by atoms with E-state index in [9.17, 15) is 23.5 Å². The summed E-state index contributed by atoms with van der Waals surface area (Å²) in [6, 6.07) is 2.63. The van der Waals surface area contributed by atoms with Gasteiger partial charge in [-0.1, -0.05) is 0 Å². The molecule has 24 heavy (non-hydrogen) atoms. The van der Waals surface area contributed by atoms with Gasteiger partial charge in [-0.15, -0.1) is 0 Å². The molecule has 1 heterocycles. The number of aliphatic hydroxyl groups excluding tert-OH is 1. The second-order valence-corrected chi connectivity index (χ2v) is 5.98. The molecule has 8 heteroatoms. The molecule has 1 aromatic carbocycles. The molecule has 0 aromatic heterocycles. The summed E-state index contributed by atoms with van der Waals surface area (Å²) in [4.78, 5) is 25.9. The largest absolute Gasteiger partial charge is 0.480 e. The van der Waals surface area contributed by atoms with Gasteiger partial charge in [-0.05, 0) is 37.2 Å². The summed E-state index contributed by atoms with van der Waals surface area (Å²) in [6.45, 7) is 0.0623. The van der Waals surface area contributed by atoms with Crippen LogP contribution in [-0.2, 0) is 16.0 Å². The quantitative estimate of drug-likeness (QED) is 0.786. The average molecular weight is 342 g/mol. The Hall–Kier alpha value is -2.06. The average Bonchev–Trinajstić information content (AvgIpc) is 2.89. The zero-order valence-electron chi connectivity index (χ0n) is 13.3. The highest BCUT2D eigenvalue weighted by atomic mass is 19.1. The van der Waals surface area contributed by atoms with E-state index in [1.54, 1.807) is 7.05 Å². The van der Waals surface area contributed by atoms with Gasteiger partial charge in [0.15, 0.2) is 0 Å². The van der Waals surface area contributed by atoms with E-state index >= 15 is 0 Å².